The number of phenolic OH excluding ortho intramolecular Hbond substituents is 4. The van der Waals surface area contributed by atoms with Crippen molar-refractivity contribution >= 4 is 23.2 Å². The van der Waals surface area contributed by atoms with Gasteiger partial charge in [-0.1, -0.05) is 29.3 Å². The minimum atomic E-state index is -0.100. The number of hydrogen-bond donors (Lipinski definition) is 4. The first kappa shape index (κ1) is 14.3. The fourth-order valence-electron chi connectivity index (χ4n) is 1.01. The fraction of sp³-hybridized carbons (Fsp3) is 0. The molecule has 0 aromatic heterocycles. The van der Waals surface area contributed by atoms with Gasteiger partial charge >= 0.3 is 0 Å². The van der Waals surface area contributed by atoms with Gasteiger partial charge in [-0.2, -0.15) is 0 Å². The van der Waals surface area contributed by atoms with Gasteiger partial charge in [-0.25, -0.2) is 0 Å². The summed E-state index contributed by atoms with van der Waals surface area (Å²) in [5.41, 5.74) is 0. The van der Waals surface area contributed by atoms with Crippen molar-refractivity contribution in [2.45, 2.75) is 0 Å². The van der Waals surface area contributed by atoms with E-state index in [1.807, 2.05) is 0 Å². The van der Waals surface area contributed by atoms with Crippen molar-refractivity contribution in [2.75, 3.05) is 0 Å². The zero-order chi connectivity index (χ0) is 13.7. The molecule has 2 aromatic carbocycles. The van der Waals surface area contributed by atoms with Crippen molar-refractivity contribution in [1.29, 1.82) is 0 Å². The second kappa shape index (κ2) is 6.23. The Morgan fingerprint density at radius 3 is 1.67 bits per heavy atom. The molecule has 0 fully saturated rings. The highest BCUT2D eigenvalue weighted by molar-refractivity contribution is 6.33. The molecule has 0 radical (unpaired) electrons. The largest absolute Gasteiger partial charge is 0.508 e. The minimum Gasteiger partial charge on any atom is -0.508 e. The van der Waals surface area contributed by atoms with Gasteiger partial charge in [0.2, 0.25) is 0 Å². The fourth-order valence-corrected chi connectivity index (χ4v) is 1.25. The van der Waals surface area contributed by atoms with E-state index >= 15 is 0 Å². The summed E-state index contributed by atoms with van der Waals surface area (Å²) in [5.74, 6) is -0.290. The van der Waals surface area contributed by atoms with Crippen molar-refractivity contribution in [3.8, 4) is 23.0 Å². The Kier molecular flexibility index (Phi) is 4.95. The Morgan fingerprint density at radius 2 is 1.28 bits per heavy atom. The molecule has 0 atom stereocenters. The number of phenols is 4. The van der Waals surface area contributed by atoms with Crippen LogP contribution in [0.3, 0.4) is 0 Å². The van der Waals surface area contributed by atoms with Crippen LogP contribution < -0.4 is 0 Å². The van der Waals surface area contributed by atoms with Crippen LogP contribution in [0.5, 0.6) is 23.0 Å². The molecule has 2 rings (SSSR count). The summed E-state index contributed by atoms with van der Waals surface area (Å²) in [7, 11) is 0. The summed E-state index contributed by atoms with van der Waals surface area (Å²) in [6.45, 7) is 0. The molecule has 0 bridgehead atoms. The Morgan fingerprint density at radius 1 is 0.722 bits per heavy atom. The van der Waals surface area contributed by atoms with E-state index in [4.69, 9.17) is 43.6 Å². The van der Waals surface area contributed by atoms with E-state index in [1.54, 1.807) is 0 Å². The zero-order valence-electron chi connectivity index (χ0n) is 9.01. The lowest BCUT2D eigenvalue weighted by Gasteiger charge is -1.95. The molecule has 0 saturated heterocycles. The van der Waals surface area contributed by atoms with Gasteiger partial charge in [0.15, 0.2) is 0 Å². The van der Waals surface area contributed by atoms with Crippen LogP contribution in [0.4, 0.5) is 0 Å². The standard InChI is InChI=1S/2C6H5ClO2/c7-5-2-1-4(8)3-6(5)9;7-6-4(8)2-1-3-5(6)9/h2*1-3,8-9H. The molecule has 4 N–H and O–H groups in total. The predicted molar refractivity (Wildman–Crippen MR) is 69.6 cm³/mol. The van der Waals surface area contributed by atoms with E-state index in [-0.39, 0.29) is 33.0 Å². The maximum absolute atomic E-state index is 8.81. The Labute approximate surface area is 113 Å². The highest BCUT2D eigenvalue weighted by Gasteiger charge is 2.00. The molecule has 2 aromatic rings. The Bertz CT molecular complexity index is 523. The van der Waals surface area contributed by atoms with Crippen molar-refractivity contribution in [2.24, 2.45) is 0 Å². The average Bonchev–Trinajstić information content (AvgIpc) is 2.32. The molecule has 18 heavy (non-hydrogen) atoms. The Hall–Kier alpha value is -1.78. The molecule has 96 valence electrons. The summed E-state index contributed by atoms with van der Waals surface area (Å²) >= 11 is 10.8. The third-order valence-corrected chi connectivity index (χ3v) is 2.59. The third kappa shape index (κ3) is 3.91. The lowest BCUT2D eigenvalue weighted by molar-refractivity contribution is 0.450. The van der Waals surface area contributed by atoms with Crippen LogP contribution in [0.25, 0.3) is 0 Å². The lowest BCUT2D eigenvalue weighted by atomic mass is 10.3. The number of halogens is 2. The highest BCUT2D eigenvalue weighted by Crippen LogP contribution is 2.31. The van der Waals surface area contributed by atoms with E-state index in [1.165, 1.54) is 36.4 Å². The average molecular weight is 289 g/mol. The molecule has 0 aliphatic carbocycles. The molecule has 4 nitrogen and oxygen atoms in total. The summed E-state index contributed by atoms with van der Waals surface area (Å²) in [6, 6.07) is 8.33. The summed E-state index contributed by atoms with van der Waals surface area (Å²) in [5, 5.41) is 35.4. The van der Waals surface area contributed by atoms with Gasteiger partial charge in [0.25, 0.3) is 0 Å². The van der Waals surface area contributed by atoms with Gasteiger partial charge < -0.3 is 20.4 Å². The molecule has 0 aliphatic heterocycles. The SMILES string of the molecule is Oc1ccc(Cl)c(O)c1.Oc1cccc(O)c1Cl. The lowest BCUT2D eigenvalue weighted by Crippen LogP contribution is -1.67. The molecular formula is C12H10Cl2O4. The van der Waals surface area contributed by atoms with Gasteiger partial charge in [-0.3, -0.25) is 0 Å². The molecule has 0 saturated carbocycles. The van der Waals surface area contributed by atoms with Crippen molar-refractivity contribution in [1.82, 2.24) is 0 Å². The van der Waals surface area contributed by atoms with Gasteiger partial charge in [-0.15, -0.1) is 0 Å². The predicted octanol–water partition coefficient (Wildman–Crippen LogP) is 3.50. The third-order valence-electron chi connectivity index (χ3n) is 1.89. The molecule has 0 heterocycles. The van der Waals surface area contributed by atoms with Crippen molar-refractivity contribution in [3.63, 3.8) is 0 Å². The highest BCUT2D eigenvalue weighted by atomic mass is 35.5. The molecule has 0 unspecified atom stereocenters. The monoisotopic (exact) mass is 288 g/mol. The minimum absolute atomic E-state index is 0.00231. The van der Waals surface area contributed by atoms with E-state index in [0.29, 0.717) is 0 Å². The quantitative estimate of drug-likeness (QED) is 0.598. The van der Waals surface area contributed by atoms with Crippen molar-refractivity contribution in [3.05, 3.63) is 46.4 Å². The normalized spacial score (nSPS) is 9.44. The van der Waals surface area contributed by atoms with Gasteiger partial charge in [0.1, 0.15) is 28.0 Å². The first-order valence-corrected chi connectivity index (χ1v) is 5.51. The molecule has 6 heteroatoms. The van der Waals surface area contributed by atoms with E-state index in [0.717, 1.165) is 0 Å². The topological polar surface area (TPSA) is 80.9 Å². The summed E-state index contributed by atoms with van der Waals surface area (Å²) < 4.78 is 0. The summed E-state index contributed by atoms with van der Waals surface area (Å²) in [6.07, 6.45) is 0. The van der Waals surface area contributed by atoms with Crippen LogP contribution in [-0.2, 0) is 0 Å². The number of aromatic hydroxyl groups is 4. The smallest absolute Gasteiger partial charge is 0.137 e. The zero-order valence-corrected chi connectivity index (χ0v) is 10.5. The number of hydrogen-bond acceptors (Lipinski definition) is 4. The van der Waals surface area contributed by atoms with Gasteiger partial charge in [0.05, 0.1) is 5.02 Å². The first-order chi connectivity index (χ1) is 8.41. The van der Waals surface area contributed by atoms with Crippen LogP contribution in [0.1, 0.15) is 0 Å². The van der Waals surface area contributed by atoms with Crippen molar-refractivity contribution < 1.29 is 20.4 Å². The van der Waals surface area contributed by atoms with E-state index in [2.05, 4.69) is 0 Å². The maximum atomic E-state index is 8.81. The molecule has 0 amide bonds. The number of benzene rings is 2. The van der Waals surface area contributed by atoms with Crippen LogP contribution in [0.2, 0.25) is 10.0 Å². The second-order valence-electron chi connectivity index (χ2n) is 3.25. The molecule has 0 spiro atoms. The van der Waals surface area contributed by atoms with Crippen LogP contribution in [-0.4, -0.2) is 20.4 Å². The van der Waals surface area contributed by atoms with Crippen LogP contribution in [0.15, 0.2) is 36.4 Å². The van der Waals surface area contributed by atoms with E-state index < -0.39 is 0 Å². The molecular weight excluding hydrogens is 279 g/mol. The maximum Gasteiger partial charge on any atom is 0.137 e. The number of rotatable bonds is 0. The van der Waals surface area contributed by atoms with E-state index in [9.17, 15) is 0 Å². The van der Waals surface area contributed by atoms with Gasteiger partial charge in [0, 0.05) is 6.07 Å². The molecule has 0 aliphatic rings. The van der Waals surface area contributed by atoms with Gasteiger partial charge in [-0.05, 0) is 24.3 Å². The summed E-state index contributed by atoms with van der Waals surface area (Å²) in [4.78, 5) is 0. The second-order valence-corrected chi connectivity index (χ2v) is 4.03. The van der Waals surface area contributed by atoms with Crippen LogP contribution >= 0.6 is 23.2 Å². The Balaban J connectivity index is 0.000000180. The van der Waals surface area contributed by atoms with Crippen LogP contribution in [0, 0.1) is 0 Å². The first-order valence-electron chi connectivity index (χ1n) is 4.75.